The number of ether oxygens (including phenoxy) is 3. The van der Waals surface area contributed by atoms with Crippen molar-refractivity contribution >= 4 is 46.2 Å². The molecule has 178 valence electrons. The predicted octanol–water partition coefficient (Wildman–Crippen LogP) is 5.83. The quantitative estimate of drug-likeness (QED) is 0.109. The molecular weight excluding hydrogens is 563 g/mol. The number of rotatable bonds is 8. The van der Waals surface area contributed by atoms with Gasteiger partial charge in [0.2, 0.25) is 5.90 Å². The van der Waals surface area contributed by atoms with Crippen LogP contribution in [0.1, 0.15) is 29.2 Å². The maximum Gasteiger partial charge on any atom is 0.363 e. The molecule has 0 unspecified atom stereocenters. The molecule has 1 aliphatic rings. The summed E-state index contributed by atoms with van der Waals surface area (Å²) in [4.78, 5) is 27.5. The topological polar surface area (TPSA) is 100 Å². The van der Waals surface area contributed by atoms with Crippen LogP contribution in [0, 0.1) is 20.6 Å². The van der Waals surface area contributed by atoms with E-state index in [4.69, 9.17) is 14.2 Å². The van der Waals surface area contributed by atoms with Gasteiger partial charge in [0.15, 0.2) is 17.2 Å². The van der Waals surface area contributed by atoms with Gasteiger partial charge >= 0.3 is 5.97 Å². The fourth-order valence-corrected chi connectivity index (χ4v) is 3.84. The smallest absolute Gasteiger partial charge is 0.363 e. The van der Waals surface area contributed by atoms with E-state index in [-0.39, 0.29) is 17.3 Å². The van der Waals surface area contributed by atoms with E-state index < -0.39 is 10.9 Å². The van der Waals surface area contributed by atoms with Crippen molar-refractivity contribution in [3.63, 3.8) is 0 Å². The van der Waals surface area contributed by atoms with Gasteiger partial charge < -0.3 is 14.2 Å². The third kappa shape index (κ3) is 5.68. The number of cyclic esters (lactones) is 1. The van der Waals surface area contributed by atoms with Crippen LogP contribution >= 0.6 is 22.6 Å². The molecule has 0 aliphatic carbocycles. The minimum absolute atomic E-state index is 0.0324. The Balaban J connectivity index is 1.59. The molecule has 0 N–H and O–H groups in total. The fraction of sp³-hybridized carbons (Fsp3) is 0.154. The molecule has 0 saturated heterocycles. The van der Waals surface area contributed by atoms with Crippen LogP contribution < -0.4 is 9.47 Å². The molecule has 0 fully saturated rings. The van der Waals surface area contributed by atoms with Crippen molar-refractivity contribution < 1.29 is 23.9 Å². The van der Waals surface area contributed by atoms with Crippen LogP contribution in [0.5, 0.6) is 11.5 Å². The summed E-state index contributed by atoms with van der Waals surface area (Å²) in [5, 5.41) is 11.2. The first-order chi connectivity index (χ1) is 16.9. The van der Waals surface area contributed by atoms with Crippen molar-refractivity contribution in [3.05, 3.63) is 102 Å². The standard InChI is InChI=1S/C26H21IN2O6/c1-3-33-24-14-18(9-12-23(24)34-15-17-7-10-19(27)11-8-17)13-21-26(30)35-25(28-21)20-5-4-6-22(16(20)2)29(31)32/h4-14H,3,15H2,1-2H3/b21-13-. The third-order valence-electron chi connectivity index (χ3n) is 5.23. The van der Waals surface area contributed by atoms with Crippen molar-refractivity contribution in [1.29, 1.82) is 0 Å². The molecule has 0 aromatic heterocycles. The minimum Gasteiger partial charge on any atom is -0.490 e. The summed E-state index contributed by atoms with van der Waals surface area (Å²) in [6.45, 7) is 4.30. The lowest BCUT2D eigenvalue weighted by molar-refractivity contribution is -0.385. The number of carbonyl (C=O) groups is 1. The summed E-state index contributed by atoms with van der Waals surface area (Å²) in [7, 11) is 0. The molecule has 1 heterocycles. The zero-order valence-electron chi connectivity index (χ0n) is 19.0. The van der Waals surface area contributed by atoms with E-state index in [9.17, 15) is 14.9 Å². The van der Waals surface area contributed by atoms with Gasteiger partial charge in [0.25, 0.3) is 5.69 Å². The van der Waals surface area contributed by atoms with E-state index in [1.54, 1.807) is 37.3 Å². The van der Waals surface area contributed by atoms with Crippen LogP contribution in [0.4, 0.5) is 5.69 Å². The lowest BCUT2D eigenvalue weighted by Gasteiger charge is -2.13. The van der Waals surface area contributed by atoms with Crippen LogP contribution in [-0.4, -0.2) is 23.4 Å². The molecule has 0 spiro atoms. The lowest BCUT2D eigenvalue weighted by Crippen LogP contribution is -2.08. The number of hydrogen-bond donors (Lipinski definition) is 0. The number of halogens is 1. The summed E-state index contributed by atoms with van der Waals surface area (Å²) in [5.41, 5.74) is 2.49. The summed E-state index contributed by atoms with van der Waals surface area (Å²) in [5.74, 6) is 0.517. The van der Waals surface area contributed by atoms with Gasteiger partial charge in [-0.1, -0.05) is 24.3 Å². The Labute approximate surface area is 215 Å². The second kappa shape index (κ2) is 10.7. The zero-order chi connectivity index (χ0) is 24.9. The molecule has 0 radical (unpaired) electrons. The average molecular weight is 584 g/mol. The number of aliphatic imine (C=N–C) groups is 1. The Morgan fingerprint density at radius 1 is 1.09 bits per heavy atom. The Bertz CT molecular complexity index is 1350. The van der Waals surface area contributed by atoms with Gasteiger partial charge in [-0.15, -0.1) is 0 Å². The van der Waals surface area contributed by atoms with Crippen LogP contribution in [0.2, 0.25) is 0 Å². The highest BCUT2D eigenvalue weighted by molar-refractivity contribution is 14.1. The highest BCUT2D eigenvalue weighted by Crippen LogP contribution is 2.31. The van der Waals surface area contributed by atoms with Crippen molar-refractivity contribution in [3.8, 4) is 11.5 Å². The van der Waals surface area contributed by atoms with Gasteiger partial charge in [0, 0.05) is 20.8 Å². The van der Waals surface area contributed by atoms with Crippen LogP contribution in [0.15, 0.2) is 71.4 Å². The number of esters is 1. The van der Waals surface area contributed by atoms with Gasteiger partial charge in [-0.3, -0.25) is 10.1 Å². The van der Waals surface area contributed by atoms with E-state index in [1.807, 2.05) is 31.2 Å². The van der Waals surface area contributed by atoms with E-state index in [0.717, 1.165) is 9.13 Å². The zero-order valence-corrected chi connectivity index (χ0v) is 21.1. The fourth-order valence-electron chi connectivity index (χ4n) is 3.48. The van der Waals surface area contributed by atoms with Crippen molar-refractivity contribution in [2.45, 2.75) is 20.5 Å². The Morgan fingerprint density at radius 3 is 2.57 bits per heavy atom. The summed E-state index contributed by atoms with van der Waals surface area (Å²) in [6.07, 6.45) is 1.58. The largest absolute Gasteiger partial charge is 0.490 e. The number of benzene rings is 3. The molecule has 8 nitrogen and oxygen atoms in total. The molecule has 35 heavy (non-hydrogen) atoms. The molecule has 1 aliphatic heterocycles. The highest BCUT2D eigenvalue weighted by atomic mass is 127. The monoisotopic (exact) mass is 584 g/mol. The SMILES string of the molecule is CCOc1cc(/C=C2\N=C(c3cccc([N+](=O)[O-])c3C)OC2=O)ccc1OCc1ccc(I)cc1. The molecular formula is C26H21IN2O6. The molecule has 0 amide bonds. The van der Waals surface area contributed by atoms with Crippen molar-refractivity contribution in [1.82, 2.24) is 0 Å². The molecule has 3 aromatic carbocycles. The van der Waals surface area contributed by atoms with E-state index >= 15 is 0 Å². The number of nitrogens with zero attached hydrogens (tertiary/aromatic N) is 2. The number of hydrogen-bond acceptors (Lipinski definition) is 7. The molecule has 0 saturated carbocycles. The molecule has 4 rings (SSSR count). The van der Waals surface area contributed by atoms with Gasteiger partial charge in [-0.25, -0.2) is 9.79 Å². The van der Waals surface area contributed by atoms with Crippen LogP contribution in [0.3, 0.4) is 0 Å². The van der Waals surface area contributed by atoms with E-state index in [0.29, 0.717) is 41.4 Å². The Morgan fingerprint density at radius 2 is 1.86 bits per heavy atom. The van der Waals surface area contributed by atoms with E-state index in [2.05, 4.69) is 27.6 Å². The lowest BCUT2D eigenvalue weighted by atomic mass is 10.1. The van der Waals surface area contributed by atoms with E-state index in [1.165, 1.54) is 12.1 Å². The minimum atomic E-state index is -0.636. The number of carbonyl (C=O) groups excluding carboxylic acids is 1. The number of nitro benzene ring substituents is 1. The first-order valence-corrected chi connectivity index (χ1v) is 11.8. The first-order valence-electron chi connectivity index (χ1n) is 10.8. The molecule has 0 bridgehead atoms. The summed E-state index contributed by atoms with van der Waals surface area (Å²) in [6, 6.07) is 17.9. The molecule has 3 aromatic rings. The highest BCUT2D eigenvalue weighted by Gasteiger charge is 2.27. The van der Waals surface area contributed by atoms with Crippen molar-refractivity contribution in [2.75, 3.05) is 6.61 Å². The van der Waals surface area contributed by atoms with Crippen molar-refractivity contribution in [2.24, 2.45) is 4.99 Å². The van der Waals surface area contributed by atoms with Gasteiger partial charge in [-0.05, 0) is 84.0 Å². The van der Waals surface area contributed by atoms with Gasteiger partial charge in [0.05, 0.1) is 11.5 Å². The second-order valence-corrected chi connectivity index (χ2v) is 8.84. The van der Waals surface area contributed by atoms with Crippen LogP contribution in [-0.2, 0) is 16.1 Å². The normalized spacial score (nSPS) is 14.0. The second-order valence-electron chi connectivity index (χ2n) is 7.60. The average Bonchev–Trinajstić information content (AvgIpc) is 3.19. The number of nitro groups is 1. The third-order valence-corrected chi connectivity index (χ3v) is 5.95. The maximum atomic E-state index is 12.5. The van der Waals surface area contributed by atoms with Gasteiger partial charge in [-0.2, -0.15) is 0 Å². The summed E-state index contributed by atoms with van der Waals surface area (Å²) >= 11 is 2.25. The predicted molar refractivity (Wildman–Crippen MR) is 140 cm³/mol. The Hall–Kier alpha value is -3.73. The van der Waals surface area contributed by atoms with Gasteiger partial charge in [0.1, 0.15) is 6.61 Å². The first kappa shape index (κ1) is 24.4. The Kier molecular flexibility index (Phi) is 7.45. The van der Waals surface area contributed by atoms with Crippen LogP contribution in [0.25, 0.3) is 6.08 Å². The molecule has 0 atom stereocenters. The molecule has 9 heteroatoms. The summed E-state index contributed by atoms with van der Waals surface area (Å²) < 4.78 is 18.2. The maximum absolute atomic E-state index is 12.5.